The van der Waals surface area contributed by atoms with E-state index in [0.29, 0.717) is 0 Å². The van der Waals surface area contributed by atoms with E-state index < -0.39 is 0 Å². The van der Waals surface area contributed by atoms with Crippen LogP contribution >= 0.6 is 15.9 Å². The first-order valence-corrected chi connectivity index (χ1v) is 8.26. The summed E-state index contributed by atoms with van der Waals surface area (Å²) in [6, 6.07) is 6.74. The van der Waals surface area contributed by atoms with Crippen LogP contribution in [0, 0.1) is 0 Å². The zero-order valence-corrected chi connectivity index (χ0v) is 14.1. The summed E-state index contributed by atoms with van der Waals surface area (Å²) in [5.41, 5.74) is 2.67. The normalized spacial score (nSPS) is 10.7. The third kappa shape index (κ3) is 5.53. The van der Waals surface area contributed by atoms with Gasteiger partial charge in [-0.2, -0.15) is 0 Å². The minimum absolute atomic E-state index is 0.941. The zero-order chi connectivity index (χ0) is 14.1. The van der Waals surface area contributed by atoms with Crippen molar-refractivity contribution in [3.05, 3.63) is 28.2 Å². The quantitative estimate of drug-likeness (QED) is 0.668. The Morgan fingerprint density at radius 2 is 1.74 bits per heavy atom. The molecule has 0 atom stereocenters. The van der Waals surface area contributed by atoms with Gasteiger partial charge in [0.25, 0.3) is 0 Å². The van der Waals surface area contributed by atoms with Gasteiger partial charge in [0.1, 0.15) is 0 Å². The fourth-order valence-electron chi connectivity index (χ4n) is 2.19. The second-order valence-corrected chi connectivity index (χ2v) is 5.79. The summed E-state index contributed by atoms with van der Waals surface area (Å²) in [7, 11) is 0. The van der Waals surface area contributed by atoms with Gasteiger partial charge in [0.2, 0.25) is 0 Å². The van der Waals surface area contributed by atoms with Crippen LogP contribution in [0.1, 0.15) is 45.6 Å². The van der Waals surface area contributed by atoms with Crippen LogP contribution in [-0.2, 0) is 6.54 Å². The Labute approximate surface area is 126 Å². The van der Waals surface area contributed by atoms with E-state index in [4.69, 9.17) is 0 Å². The van der Waals surface area contributed by atoms with E-state index in [9.17, 15) is 0 Å². The van der Waals surface area contributed by atoms with E-state index in [2.05, 4.69) is 65.1 Å². The molecule has 0 spiro atoms. The first kappa shape index (κ1) is 16.5. The summed E-state index contributed by atoms with van der Waals surface area (Å²) in [4.78, 5) is 2.47. The Hall–Kier alpha value is -0.540. The highest BCUT2D eigenvalue weighted by Crippen LogP contribution is 2.24. The molecule has 0 bridgehead atoms. The predicted molar refractivity (Wildman–Crippen MR) is 88.9 cm³/mol. The molecule has 1 N–H and O–H groups in total. The lowest BCUT2D eigenvalue weighted by Crippen LogP contribution is -2.25. The summed E-state index contributed by atoms with van der Waals surface area (Å²) in [6.07, 6.45) is 3.56. The number of hydrogen-bond donors (Lipinski definition) is 1. The second-order valence-electron chi connectivity index (χ2n) is 4.94. The van der Waals surface area contributed by atoms with Crippen LogP contribution in [0.25, 0.3) is 0 Å². The van der Waals surface area contributed by atoms with Gasteiger partial charge in [-0.3, -0.25) is 0 Å². The van der Waals surface area contributed by atoms with Crippen molar-refractivity contribution in [2.45, 2.75) is 46.6 Å². The molecule has 0 unspecified atom stereocenters. The molecule has 108 valence electrons. The molecule has 0 saturated heterocycles. The van der Waals surface area contributed by atoms with Crippen LogP contribution in [-0.4, -0.2) is 19.6 Å². The van der Waals surface area contributed by atoms with Crippen molar-refractivity contribution in [3.63, 3.8) is 0 Å². The van der Waals surface area contributed by atoms with Crippen molar-refractivity contribution in [3.8, 4) is 0 Å². The van der Waals surface area contributed by atoms with E-state index >= 15 is 0 Å². The van der Waals surface area contributed by atoms with E-state index in [-0.39, 0.29) is 0 Å². The average Bonchev–Trinajstić information content (AvgIpc) is 2.40. The van der Waals surface area contributed by atoms with E-state index in [1.165, 1.54) is 35.0 Å². The Balaban J connectivity index is 2.73. The largest absolute Gasteiger partial charge is 0.372 e. The minimum Gasteiger partial charge on any atom is -0.372 e. The first-order chi connectivity index (χ1) is 9.22. The smallest absolute Gasteiger partial charge is 0.0377 e. The number of nitrogens with one attached hydrogen (secondary N) is 1. The maximum atomic E-state index is 3.70. The second kappa shape index (κ2) is 9.38. The van der Waals surface area contributed by atoms with Gasteiger partial charge in [-0.1, -0.05) is 42.8 Å². The van der Waals surface area contributed by atoms with Gasteiger partial charge in [-0.05, 0) is 43.5 Å². The Kier molecular flexibility index (Phi) is 8.15. The fraction of sp³-hybridized carbons (Fsp3) is 0.625. The number of anilines is 1. The van der Waals surface area contributed by atoms with E-state index in [0.717, 1.165) is 26.2 Å². The Morgan fingerprint density at radius 3 is 2.26 bits per heavy atom. The van der Waals surface area contributed by atoms with E-state index in [1.54, 1.807) is 0 Å². The van der Waals surface area contributed by atoms with Crippen LogP contribution in [0.2, 0.25) is 0 Å². The highest BCUT2D eigenvalue weighted by molar-refractivity contribution is 9.10. The van der Waals surface area contributed by atoms with Crippen molar-refractivity contribution in [1.82, 2.24) is 5.32 Å². The highest BCUT2D eigenvalue weighted by atomic mass is 79.9. The minimum atomic E-state index is 0.941. The van der Waals surface area contributed by atoms with Gasteiger partial charge in [0, 0.05) is 29.8 Å². The number of hydrogen-bond acceptors (Lipinski definition) is 2. The molecule has 19 heavy (non-hydrogen) atoms. The molecular formula is C16H27BrN2. The molecule has 1 aromatic carbocycles. The zero-order valence-electron chi connectivity index (χ0n) is 12.5. The van der Waals surface area contributed by atoms with Crippen LogP contribution in [0.15, 0.2) is 22.7 Å². The van der Waals surface area contributed by atoms with Crippen LogP contribution in [0.4, 0.5) is 5.69 Å². The van der Waals surface area contributed by atoms with Crippen molar-refractivity contribution in [2.75, 3.05) is 24.5 Å². The van der Waals surface area contributed by atoms with Gasteiger partial charge in [0.05, 0.1) is 0 Å². The van der Waals surface area contributed by atoms with Gasteiger partial charge in [-0.15, -0.1) is 0 Å². The van der Waals surface area contributed by atoms with Crippen LogP contribution < -0.4 is 10.2 Å². The molecule has 0 aromatic heterocycles. The Morgan fingerprint density at radius 1 is 1.05 bits per heavy atom. The molecule has 0 aliphatic rings. The summed E-state index contributed by atoms with van der Waals surface area (Å²) < 4.78 is 1.21. The number of rotatable bonds is 9. The van der Waals surface area contributed by atoms with Crippen molar-refractivity contribution >= 4 is 21.6 Å². The highest BCUT2D eigenvalue weighted by Gasteiger charge is 2.07. The van der Waals surface area contributed by atoms with Crippen LogP contribution in [0.5, 0.6) is 0 Å². The van der Waals surface area contributed by atoms with Gasteiger partial charge >= 0.3 is 0 Å². The average molecular weight is 327 g/mol. The van der Waals surface area contributed by atoms with Crippen molar-refractivity contribution in [2.24, 2.45) is 0 Å². The number of nitrogens with zero attached hydrogens (tertiary/aromatic N) is 1. The van der Waals surface area contributed by atoms with Gasteiger partial charge in [0.15, 0.2) is 0 Å². The van der Waals surface area contributed by atoms with Crippen LogP contribution in [0.3, 0.4) is 0 Å². The molecule has 2 nitrogen and oxygen atoms in total. The maximum absolute atomic E-state index is 3.70. The molecule has 0 saturated carbocycles. The molecular weight excluding hydrogens is 300 g/mol. The molecule has 1 aromatic rings. The summed E-state index contributed by atoms with van der Waals surface area (Å²) in [5.74, 6) is 0. The van der Waals surface area contributed by atoms with Crippen molar-refractivity contribution in [1.29, 1.82) is 0 Å². The third-order valence-electron chi connectivity index (χ3n) is 3.13. The first-order valence-electron chi connectivity index (χ1n) is 7.47. The standard InChI is InChI=1S/C16H27BrN2/c1-4-9-18-13-14-7-8-15(12-16(14)17)19(10-5-2)11-6-3/h7-8,12,18H,4-6,9-11,13H2,1-3H3. The third-order valence-corrected chi connectivity index (χ3v) is 3.87. The predicted octanol–water partition coefficient (Wildman–Crippen LogP) is 4.58. The molecule has 3 heteroatoms. The summed E-state index contributed by atoms with van der Waals surface area (Å²) in [6.45, 7) is 10.9. The molecule has 0 radical (unpaired) electrons. The Bertz CT molecular complexity index is 360. The molecule has 1 rings (SSSR count). The molecule has 0 aliphatic carbocycles. The molecule has 0 aliphatic heterocycles. The van der Waals surface area contributed by atoms with Gasteiger partial charge in [-0.25, -0.2) is 0 Å². The van der Waals surface area contributed by atoms with Crippen molar-refractivity contribution < 1.29 is 0 Å². The topological polar surface area (TPSA) is 15.3 Å². The molecule has 0 heterocycles. The lowest BCUT2D eigenvalue weighted by molar-refractivity contribution is 0.673. The lowest BCUT2D eigenvalue weighted by Gasteiger charge is -2.24. The summed E-state index contributed by atoms with van der Waals surface area (Å²) in [5, 5.41) is 3.45. The molecule has 0 amide bonds. The number of benzene rings is 1. The SMILES string of the molecule is CCCNCc1ccc(N(CCC)CCC)cc1Br. The molecule has 0 fully saturated rings. The monoisotopic (exact) mass is 326 g/mol. The fourth-order valence-corrected chi connectivity index (χ4v) is 2.69. The van der Waals surface area contributed by atoms with Gasteiger partial charge < -0.3 is 10.2 Å². The summed E-state index contributed by atoms with van der Waals surface area (Å²) >= 11 is 3.70. The number of halogens is 1. The van der Waals surface area contributed by atoms with E-state index in [1.807, 2.05) is 0 Å². The maximum Gasteiger partial charge on any atom is 0.0377 e. The lowest BCUT2D eigenvalue weighted by atomic mass is 10.2.